The van der Waals surface area contributed by atoms with Crippen LogP contribution in [-0.4, -0.2) is 31.6 Å². The fourth-order valence-electron chi connectivity index (χ4n) is 0.578. The van der Waals surface area contributed by atoms with Crippen LogP contribution in [0.3, 0.4) is 0 Å². The van der Waals surface area contributed by atoms with Crippen molar-refractivity contribution in [2.24, 2.45) is 7.05 Å². The van der Waals surface area contributed by atoms with Gasteiger partial charge in [-0.2, -0.15) is 0 Å². The molecule has 0 aliphatic rings. The Morgan fingerprint density at radius 3 is 2.69 bits per heavy atom. The van der Waals surface area contributed by atoms with Crippen LogP contribution in [0.5, 0.6) is 0 Å². The van der Waals surface area contributed by atoms with Crippen molar-refractivity contribution in [3.05, 3.63) is 0 Å². The Balaban J connectivity index is 0.00000144. The number of nitrogen functional groups attached to an aromatic ring is 1. The van der Waals surface area contributed by atoms with Crippen molar-refractivity contribution in [3.8, 4) is 0 Å². The number of carboxylic acid groups (broad SMARTS) is 1. The first kappa shape index (κ1) is 12.0. The zero-order valence-corrected chi connectivity index (χ0v) is 8.43. The lowest BCUT2D eigenvalue weighted by molar-refractivity contribution is -0.133. The quantitative estimate of drug-likeness (QED) is 0.702. The Kier molecular flexibility index (Phi) is 4.57. The van der Waals surface area contributed by atoms with Crippen molar-refractivity contribution in [2.45, 2.75) is 5.16 Å². The van der Waals surface area contributed by atoms with E-state index in [0.29, 0.717) is 5.16 Å². The number of aromatic nitrogens is 3. The second kappa shape index (κ2) is 4.93. The lowest BCUT2D eigenvalue weighted by Gasteiger charge is -1.97. The molecule has 0 aromatic carbocycles. The van der Waals surface area contributed by atoms with E-state index in [0.717, 1.165) is 11.8 Å². The van der Waals surface area contributed by atoms with Crippen molar-refractivity contribution in [2.75, 3.05) is 11.5 Å². The molecule has 1 heterocycles. The topological polar surface area (TPSA) is 94.0 Å². The Morgan fingerprint density at radius 1 is 1.69 bits per heavy atom. The summed E-state index contributed by atoms with van der Waals surface area (Å²) in [5, 5.41) is 16.1. The Bertz CT molecular complexity index is 303. The maximum atomic E-state index is 10.2. The highest BCUT2D eigenvalue weighted by atomic mass is 35.5. The molecule has 0 saturated carbocycles. The molecule has 3 N–H and O–H groups in total. The first-order chi connectivity index (χ1) is 5.61. The summed E-state index contributed by atoms with van der Waals surface area (Å²) in [5.41, 5.74) is 5.38. The molecule has 0 amide bonds. The van der Waals surface area contributed by atoms with E-state index in [-0.39, 0.29) is 24.1 Å². The molecule has 0 unspecified atom stereocenters. The molecule has 0 aliphatic carbocycles. The maximum Gasteiger partial charge on any atom is 0.313 e. The standard InChI is InChI=1S/C5H8N4O2S.ClH/c1-9-4(6)7-8-5(9)12-2-3(10)11;/h2H2,1H3,(H2,6,7)(H,10,11);1H. The van der Waals surface area contributed by atoms with Crippen LogP contribution in [0.15, 0.2) is 5.16 Å². The second-order valence-electron chi connectivity index (χ2n) is 2.08. The van der Waals surface area contributed by atoms with Gasteiger partial charge in [0.05, 0.1) is 5.75 Å². The number of halogens is 1. The molecule has 0 fully saturated rings. The van der Waals surface area contributed by atoms with E-state index >= 15 is 0 Å². The molecule has 13 heavy (non-hydrogen) atoms. The largest absolute Gasteiger partial charge is 0.481 e. The lowest BCUT2D eigenvalue weighted by Crippen LogP contribution is -2.01. The van der Waals surface area contributed by atoms with Gasteiger partial charge in [-0.05, 0) is 0 Å². The predicted octanol–water partition coefficient (Wildman–Crippen LogP) is -0.00420. The Labute approximate surface area is 84.9 Å². The minimum absolute atomic E-state index is 0. The first-order valence-corrected chi connectivity index (χ1v) is 4.09. The van der Waals surface area contributed by atoms with Gasteiger partial charge in [0.25, 0.3) is 0 Å². The molecule has 1 aromatic heterocycles. The Hall–Kier alpha value is -0.950. The average Bonchev–Trinajstić information content (AvgIpc) is 2.30. The van der Waals surface area contributed by atoms with Crippen LogP contribution in [-0.2, 0) is 11.8 Å². The molecule has 6 nitrogen and oxygen atoms in total. The highest BCUT2D eigenvalue weighted by Crippen LogP contribution is 2.15. The highest BCUT2D eigenvalue weighted by Gasteiger charge is 2.07. The number of carboxylic acids is 1. The van der Waals surface area contributed by atoms with E-state index in [1.165, 1.54) is 4.57 Å². The molecule has 0 aliphatic heterocycles. The molecule has 0 bridgehead atoms. The van der Waals surface area contributed by atoms with E-state index in [1.807, 2.05) is 0 Å². The summed E-state index contributed by atoms with van der Waals surface area (Å²) in [6.07, 6.45) is 0. The highest BCUT2D eigenvalue weighted by molar-refractivity contribution is 7.99. The predicted molar refractivity (Wildman–Crippen MR) is 51.0 cm³/mol. The number of nitrogens with zero attached hydrogens (tertiary/aromatic N) is 3. The molecule has 1 rings (SSSR count). The van der Waals surface area contributed by atoms with Crippen LogP contribution >= 0.6 is 24.2 Å². The molecule has 0 atom stereocenters. The molecule has 8 heteroatoms. The van der Waals surface area contributed by atoms with Crippen LogP contribution in [0, 0.1) is 0 Å². The Morgan fingerprint density at radius 2 is 2.31 bits per heavy atom. The minimum Gasteiger partial charge on any atom is -0.481 e. The summed E-state index contributed by atoms with van der Waals surface area (Å²) in [6.45, 7) is 0. The normalized spacial score (nSPS) is 9.31. The molecule has 1 aromatic rings. The van der Waals surface area contributed by atoms with Crippen LogP contribution < -0.4 is 5.73 Å². The van der Waals surface area contributed by atoms with E-state index in [1.54, 1.807) is 7.05 Å². The van der Waals surface area contributed by atoms with Crippen LogP contribution in [0.4, 0.5) is 5.95 Å². The number of nitrogens with two attached hydrogens (primary N) is 1. The number of rotatable bonds is 3. The third kappa shape index (κ3) is 3.11. The van der Waals surface area contributed by atoms with E-state index in [2.05, 4.69) is 10.2 Å². The van der Waals surface area contributed by atoms with Crippen LogP contribution in [0.25, 0.3) is 0 Å². The monoisotopic (exact) mass is 224 g/mol. The number of aliphatic carboxylic acids is 1. The molecule has 74 valence electrons. The average molecular weight is 225 g/mol. The fourth-order valence-corrected chi connectivity index (χ4v) is 1.22. The molecular formula is C5H9ClN4O2S. The summed E-state index contributed by atoms with van der Waals surface area (Å²) in [7, 11) is 1.68. The van der Waals surface area contributed by atoms with Crippen molar-refractivity contribution < 1.29 is 9.90 Å². The lowest BCUT2D eigenvalue weighted by atomic mass is 10.8. The number of thioether (sulfide) groups is 1. The molecule has 0 spiro atoms. The van der Waals surface area contributed by atoms with Gasteiger partial charge in [-0.25, -0.2) is 0 Å². The number of carbonyl (C=O) groups is 1. The summed E-state index contributed by atoms with van der Waals surface area (Å²) < 4.78 is 1.54. The van der Waals surface area contributed by atoms with Crippen LogP contribution in [0.2, 0.25) is 0 Å². The van der Waals surface area contributed by atoms with Gasteiger partial charge in [0.15, 0.2) is 5.16 Å². The van der Waals surface area contributed by atoms with Crippen molar-refractivity contribution in [3.63, 3.8) is 0 Å². The van der Waals surface area contributed by atoms with Crippen molar-refractivity contribution in [1.29, 1.82) is 0 Å². The van der Waals surface area contributed by atoms with Gasteiger partial charge >= 0.3 is 5.97 Å². The first-order valence-electron chi connectivity index (χ1n) is 3.10. The van der Waals surface area contributed by atoms with Gasteiger partial charge in [-0.3, -0.25) is 9.36 Å². The molecular weight excluding hydrogens is 216 g/mol. The van der Waals surface area contributed by atoms with Gasteiger partial charge in [-0.1, -0.05) is 11.8 Å². The van der Waals surface area contributed by atoms with Gasteiger partial charge in [0.1, 0.15) is 0 Å². The summed E-state index contributed by atoms with van der Waals surface area (Å²) >= 11 is 1.09. The molecule has 0 saturated heterocycles. The van der Waals surface area contributed by atoms with Gasteiger partial charge < -0.3 is 10.8 Å². The SMILES string of the molecule is Cl.Cn1c(N)nnc1SCC(=O)O. The maximum absolute atomic E-state index is 10.2. The number of hydrogen-bond acceptors (Lipinski definition) is 5. The third-order valence-corrected chi connectivity index (χ3v) is 2.20. The second-order valence-corrected chi connectivity index (χ2v) is 3.02. The van der Waals surface area contributed by atoms with Gasteiger partial charge in [0.2, 0.25) is 5.95 Å². The minimum atomic E-state index is -0.887. The summed E-state index contributed by atoms with van der Waals surface area (Å²) in [6, 6.07) is 0. The zero-order valence-electron chi connectivity index (χ0n) is 6.80. The number of hydrogen-bond donors (Lipinski definition) is 2. The summed E-state index contributed by atoms with van der Waals surface area (Å²) in [5.74, 6) is -0.643. The van der Waals surface area contributed by atoms with E-state index < -0.39 is 5.97 Å². The zero-order chi connectivity index (χ0) is 9.14. The summed E-state index contributed by atoms with van der Waals surface area (Å²) in [4.78, 5) is 10.2. The van der Waals surface area contributed by atoms with E-state index in [9.17, 15) is 4.79 Å². The fraction of sp³-hybridized carbons (Fsp3) is 0.400. The number of anilines is 1. The van der Waals surface area contributed by atoms with E-state index in [4.69, 9.17) is 10.8 Å². The smallest absolute Gasteiger partial charge is 0.313 e. The van der Waals surface area contributed by atoms with Gasteiger partial charge in [0, 0.05) is 7.05 Å². The molecule has 0 radical (unpaired) electrons. The van der Waals surface area contributed by atoms with Crippen molar-refractivity contribution in [1.82, 2.24) is 14.8 Å². The third-order valence-electron chi connectivity index (χ3n) is 1.19. The van der Waals surface area contributed by atoms with Crippen LogP contribution in [0.1, 0.15) is 0 Å². The van der Waals surface area contributed by atoms with Gasteiger partial charge in [-0.15, -0.1) is 22.6 Å². The van der Waals surface area contributed by atoms with Crippen molar-refractivity contribution >= 4 is 36.1 Å².